The van der Waals surface area contributed by atoms with Gasteiger partial charge in [0, 0.05) is 16.4 Å². The number of benzene rings is 3. The summed E-state index contributed by atoms with van der Waals surface area (Å²) in [6.45, 7) is 18.1. The lowest BCUT2D eigenvalue weighted by molar-refractivity contribution is 0.0732. The van der Waals surface area contributed by atoms with Gasteiger partial charge in [0.15, 0.2) is 5.78 Å². The minimum Gasteiger partial charge on any atom is -0.491 e. The van der Waals surface area contributed by atoms with Crippen molar-refractivity contribution in [3.63, 3.8) is 0 Å². The Labute approximate surface area is 215 Å². The number of ether oxygens (including phenoxy) is 2. The van der Waals surface area contributed by atoms with Crippen molar-refractivity contribution in [1.82, 2.24) is 0 Å². The van der Waals surface area contributed by atoms with Crippen molar-refractivity contribution >= 4 is 11.8 Å². The van der Waals surface area contributed by atoms with Gasteiger partial charge >= 0.3 is 5.97 Å². The van der Waals surface area contributed by atoms with Gasteiger partial charge in [-0.25, -0.2) is 4.79 Å². The molecular formula is C32H38O4. The molecule has 0 saturated heterocycles. The largest absolute Gasteiger partial charge is 0.491 e. The van der Waals surface area contributed by atoms with Crippen LogP contribution < -0.4 is 9.47 Å². The second-order valence-electron chi connectivity index (χ2n) is 11.3. The van der Waals surface area contributed by atoms with Gasteiger partial charge in [-0.15, -0.1) is 0 Å². The van der Waals surface area contributed by atoms with Crippen molar-refractivity contribution in [2.75, 3.05) is 0 Å². The lowest BCUT2D eigenvalue weighted by atomic mass is 9.77. The summed E-state index contributed by atoms with van der Waals surface area (Å²) in [5, 5.41) is 0. The molecule has 0 atom stereocenters. The maximum atomic E-state index is 12.8. The molecule has 3 aromatic rings. The zero-order valence-electron chi connectivity index (χ0n) is 23.0. The van der Waals surface area contributed by atoms with E-state index in [4.69, 9.17) is 9.47 Å². The predicted molar refractivity (Wildman–Crippen MR) is 145 cm³/mol. The van der Waals surface area contributed by atoms with E-state index in [1.807, 2.05) is 59.7 Å². The Hall–Kier alpha value is -3.40. The number of carbonyl (C=O) groups is 2. The fourth-order valence-corrected chi connectivity index (χ4v) is 4.09. The third-order valence-corrected chi connectivity index (χ3v) is 6.42. The molecule has 4 heteroatoms. The summed E-state index contributed by atoms with van der Waals surface area (Å²) in [7, 11) is 0. The Balaban J connectivity index is 1.78. The number of aryl methyl sites for hydroxylation is 2. The van der Waals surface area contributed by atoms with E-state index in [1.54, 1.807) is 24.3 Å². The molecule has 0 spiro atoms. The Morgan fingerprint density at radius 2 is 1.17 bits per heavy atom. The predicted octanol–water partition coefficient (Wildman–Crippen LogP) is 7.86. The van der Waals surface area contributed by atoms with Gasteiger partial charge in [0.1, 0.15) is 11.5 Å². The highest BCUT2D eigenvalue weighted by Gasteiger charge is 2.26. The Morgan fingerprint density at radius 3 is 1.61 bits per heavy atom. The number of esters is 1. The average molecular weight is 487 g/mol. The summed E-state index contributed by atoms with van der Waals surface area (Å²) >= 11 is 0. The Bertz CT molecular complexity index is 1260. The molecule has 0 N–H and O–H groups in total. The van der Waals surface area contributed by atoms with Gasteiger partial charge in [0.25, 0.3) is 0 Å². The van der Waals surface area contributed by atoms with Gasteiger partial charge in [0.2, 0.25) is 0 Å². The molecule has 0 saturated carbocycles. The van der Waals surface area contributed by atoms with E-state index in [0.717, 1.165) is 22.4 Å². The Morgan fingerprint density at radius 1 is 0.694 bits per heavy atom. The minimum absolute atomic E-state index is 0.0359. The van der Waals surface area contributed by atoms with Gasteiger partial charge in [-0.05, 0) is 74.2 Å². The molecule has 0 unspecified atom stereocenters. The van der Waals surface area contributed by atoms with Crippen LogP contribution in [0.1, 0.15) is 91.4 Å². The number of hydrogen-bond acceptors (Lipinski definition) is 4. The summed E-state index contributed by atoms with van der Waals surface area (Å²) in [5.41, 5.74) is 4.56. The number of Topliss-reactive ketones (excluding diaryl/α,β-unsaturated/α-hetero) is 1. The first-order chi connectivity index (χ1) is 16.7. The van der Waals surface area contributed by atoms with Gasteiger partial charge in [-0.2, -0.15) is 0 Å². The third-order valence-electron chi connectivity index (χ3n) is 6.42. The van der Waals surface area contributed by atoms with Crippen molar-refractivity contribution in [2.24, 2.45) is 5.41 Å². The number of rotatable bonds is 7. The fourth-order valence-electron chi connectivity index (χ4n) is 4.09. The maximum absolute atomic E-state index is 12.8. The SMILES string of the molecule is Cc1cc(C(C)(C)c2ccc(OC(C)C)c(C)c2)ccc1OC(=O)c1ccc(C(=O)C(C)(C)C)cc1. The second kappa shape index (κ2) is 10.3. The van der Waals surface area contributed by atoms with Crippen LogP contribution in [0.3, 0.4) is 0 Å². The van der Waals surface area contributed by atoms with E-state index in [2.05, 4.69) is 39.0 Å². The first-order valence-corrected chi connectivity index (χ1v) is 12.5. The lowest BCUT2D eigenvalue weighted by Crippen LogP contribution is -2.20. The van der Waals surface area contributed by atoms with Gasteiger partial charge < -0.3 is 9.47 Å². The summed E-state index contributed by atoms with van der Waals surface area (Å²) in [6.07, 6.45) is 0.129. The normalized spacial score (nSPS) is 11.9. The standard InChI is InChI=1S/C32H38O4/c1-20(2)35-27-16-14-25(18-21(27)3)32(8,9)26-15-17-28(22(4)19-26)36-30(34)24-12-10-23(11-13-24)29(33)31(5,6)7/h10-20H,1-9H3. The lowest BCUT2D eigenvalue weighted by Gasteiger charge is -2.28. The maximum Gasteiger partial charge on any atom is 0.343 e. The van der Waals surface area contributed by atoms with Crippen molar-refractivity contribution in [2.45, 2.75) is 73.8 Å². The van der Waals surface area contributed by atoms with Crippen LogP contribution >= 0.6 is 0 Å². The third kappa shape index (κ3) is 6.04. The first kappa shape index (κ1) is 27.2. The molecule has 0 bridgehead atoms. The molecule has 0 aliphatic carbocycles. The highest BCUT2D eigenvalue weighted by molar-refractivity contribution is 6.00. The van der Waals surface area contributed by atoms with Crippen LogP contribution in [0.25, 0.3) is 0 Å². The molecule has 0 aromatic heterocycles. The smallest absolute Gasteiger partial charge is 0.343 e. The number of hydrogen-bond donors (Lipinski definition) is 0. The number of ketones is 1. The topological polar surface area (TPSA) is 52.6 Å². The van der Waals surface area contributed by atoms with E-state index in [0.29, 0.717) is 16.9 Å². The van der Waals surface area contributed by atoms with Crippen LogP contribution in [0.4, 0.5) is 0 Å². The summed E-state index contributed by atoms with van der Waals surface area (Å²) in [5.74, 6) is 1.01. The average Bonchev–Trinajstić information content (AvgIpc) is 2.80. The quantitative estimate of drug-likeness (QED) is 0.194. The zero-order valence-corrected chi connectivity index (χ0v) is 23.0. The van der Waals surface area contributed by atoms with Crippen molar-refractivity contribution in [3.05, 3.63) is 94.0 Å². The first-order valence-electron chi connectivity index (χ1n) is 12.5. The van der Waals surface area contributed by atoms with Gasteiger partial charge in [-0.3, -0.25) is 4.79 Å². The molecule has 3 aromatic carbocycles. The molecule has 3 rings (SSSR count). The molecule has 0 radical (unpaired) electrons. The van der Waals surface area contributed by atoms with Gasteiger partial charge in [0.05, 0.1) is 11.7 Å². The van der Waals surface area contributed by atoms with Crippen LogP contribution in [-0.2, 0) is 5.41 Å². The minimum atomic E-state index is -0.475. The van der Waals surface area contributed by atoms with Crippen LogP contribution in [-0.4, -0.2) is 17.9 Å². The van der Waals surface area contributed by atoms with Crippen molar-refractivity contribution in [3.8, 4) is 11.5 Å². The highest BCUT2D eigenvalue weighted by atomic mass is 16.5. The van der Waals surface area contributed by atoms with Gasteiger partial charge in [-0.1, -0.05) is 71.0 Å². The van der Waals surface area contributed by atoms with Crippen LogP contribution in [0.5, 0.6) is 11.5 Å². The molecule has 0 heterocycles. The van der Waals surface area contributed by atoms with Crippen LogP contribution in [0.2, 0.25) is 0 Å². The highest BCUT2D eigenvalue weighted by Crippen LogP contribution is 2.36. The van der Waals surface area contributed by atoms with E-state index >= 15 is 0 Å². The zero-order chi connectivity index (χ0) is 26.8. The van der Waals surface area contributed by atoms with Crippen molar-refractivity contribution < 1.29 is 19.1 Å². The molecule has 0 aliphatic rings. The molecule has 36 heavy (non-hydrogen) atoms. The van der Waals surface area contributed by atoms with E-state index < -0.39 is 11.4 Å². The summed E-state index contributed by atoms with van der Waals surface area (Å²) in [6, 6.07) is 18.9. The molecule has 190 valence electrons. The monoisotopic (exact) mass is 486 g/mol. The molecule has 0 amide bonds. The van der Waals surface area contributed by atoms with Crippen LogP contribution in [0.15, 0.2) is 60.7 Å². The Kier molecular flexibility index (Phi) is 7.78. The summed E-state index contributed by atoms with van der Waals surface area (Å²) < 4.78 is 11.6. The van der Waals surface area contributed by atoms with E-state index in [9.17, 15) is 9.59 Å². The van der Waals surface area contributed by atoms with Crippen molar-refractivity contribution in [1.29, 1.82) is 0 Å². The molecule has 0 aliphatic heterocycles. The second-order valence-corrected chi connectivity index (χ2v) is 11.3. The fraction of sp³-hybridized carbons (Fsp3) is 0.375. The summed E-state index contributed by atoms with van der Waals surface area (Å²) in [4.78, 5) is 25.2. The van der Waals surface area contributed by atoms with Crippen LogP contribution in [0, 0.1) is 19.3 Å². The number of carbonyl (C=O) groups excluding carboxylic acids is 2. The molecule has 0 fully saturated rings. The molecular weight excluding hydrogens is 448 g/mol. The van der Waals surface area contributed by atoms with E-state index in [-0.39, 0.29) is 17.3 Å². The molecule has 4 nitrogen and oxygen atoms in total. The van der Waals surface area contributed by atoms with E-state index in [1.165, 1.54) is 5.56 Å².